The molecule has 8 heteroatoms. The Morgan fingerprint density at radius 1 is 1.00 bits per heavy atom. The Kier molecular flexibility index (Phi) is 11.6. The third-order valence-electron chi connectivity index (χ3n) is 6.12. The number of alkyl carbamates (subject to hydrolysis) is 1. The predicted molar refractivity (Wildman–Crippen MR) is 154 cm³/mol. The lowest BCUT2D eigenvalue weighted by Gasteiger charge is -2.33. The number of carbonyl (C=O) groups is 3. The molecule has 38 heavy (non-hydrogen) atoms. The number of halogens is 1. The van der Waals surface area contributed by atoms with E-state index in [2.05, 4.69) is 17.6 Å². The minimum Gasteiger partial charge on any atom is -0.444 e. The third-order valence-corrected chi connectivity index (χ3v) is 6.43. The maximum atomic E-state index is 14.0. The Balaban J connectivity index is 2.47. The Labute approximate surface area is 232 Å². The van der Waals surface area contributed by atoms with Gasteiger partial charge >= 0.3 is 6.09 Å². The monoisotopic (exact) mass is 543 g/mol. The summed E-state index contributed by atoms with van der Waals surface area (Å²) in [6.45, 7) is 13.2. The van der Waals surface area contributed by atoms with Crippen LogP contribution in [0.4, 0.5) is 10.5 Å². The number of aryl methyl sites for hydroxylation is 3. The van der Waals surface area contributed by atoms with Gasteiger partial charge in [-0.2, -0.15) is 0 Å². The van der Waals surface area contributed by atoms with Crippen molar-refractivity contribution in [2.75, 3.05) is 18.4 Å². The van der Waals surface area contributed by atoms with Crippen molar-refractivity contribution in [3.8, 4) is 0 Å². The number of unbranched alkanes of at least 4 members (excludes halogenated alkanes) is 3. The Bertz CT molecular complexity index is 1110. The van der Waals surface area contributed by atoms with E-state index in [1.807, 2.05) is 51.1 Å². The molecule has 7 nitrogen and oxygen atoms in total. The number of anilines is 1. The van der Waals surface area contributed by atoms with E-state index in [4.69, 9.17) is 16.3 Å². The molecule has 0 spiro atoms. The summed E-state index contributed by atoms with van der Waals surface area (Å²) in [5.41, 5.74) is 3.23. The summed E-state index contributed by atoms with van der Waals surface area (Å²) in [6, 6.07) is 10.4. The Morgan fingerprint density at radius 3 is 2.34 bits per heavy atom. The van der Waals surface area contributed by atoms with Gasteiger partial charge in [-0.3, -0.25) is 9.59 Å². The molecule has 0 heterocycles. The second-order valence-corrected chi connectivity index (χ2v) is 11.1. The van der Waals surface area contributed by atoms with Crippen molar-refractivity contribution in [1.82, 2.24) is 10.2 Å². The number of benzene rings is 2. The lowest BCUT2D eigenvalue weighted by molar-refractivity contribution is -0.138. The molecule has 208 valence electrons. The first kappa shape index (κ1) is 31.2. The maximum absolute atomic E-state index is 14.0. The van der Waals surface area contributed by atoms with Gasteiger partial charge in [0.2, 0.25) is 5.91 Å². The minimum atomic E-state index is -0.917. The number of nitrogens with one attached hydrogen (secondary N) is 2. The van der Waals surface area contributed by atoms with Crippen molar-refractivity contribution in [2.45, 2.75) is 85.8 Å². The smallest absolute Gasteiger partial charge is 0.408 e. The Hall–Kier alpha value is -3.06. The molecule has 0 radical (unpaired) electrons. The average molecular weight is 544 g/mol. The zero-order chi connectivity index (χ0) is 28.5. The molecule has 3 amide bonds. The number of para-hydroxylation sites is 1. The van der Waals surface area contributed by atoms with Gasteiger partial charge in [-0.05, 0) is 70.7 Å². The molecular formula is C30H42ClN3O4. The summed E-state index contributed by atoms with van der Waals surface area (Å²) < 4.78 is 5.30. The quantitative estimate of drug-likeness (QED) is 0.302. The fraction of sp³-hybridized carbons (Fsp3) is 0.500. The molecule has 1 atom stereocenters. The van der Waals surface area contributed by atoms with Gasteiger partial charge in [-0.1, -0.05) is 73.7 Å². The van der Waals surface area contributed by atoms with E-state index < -0.39 is 17.7 Å². The first-order valence-electron chi connectivity index (χ1n) is 13.2. The molecule has 2 aromatic rings. The zero-order valence-electron chi connectivity index (χ0n) is 23.7. The molecule has 0 saturated carbocycles. The van der Waals surface area contributed by atoms with E-state index in [1.54, 1.807) is 31.7 Å². The summed E-state index contributed by atoms with van der Waals surface area (Å²) in [5.74, 6) is -0.736. The molecule has 0 aliphatic carbocycles. The van der Waals surface area contributed by atoms with Gasteiger partial charge in [-0.25, -0.2) is 4.79 Å². The van der Waals surface area contributed by atoms with Gasteiger partial charge in [-0.15, -0.1) is 0 Å². The van der Waals surface area contributed by atoms with Crippen molar-refractivity contribution in [3.63, 3.8) is 0 Å². The molecule has 2 rings (SSSR count). The van der Waals surface area contributed by atoms with Crippen LogP contribution in [0.2, 0.25) is 5.02 Å². The van der Waals surface area contributed by atoms with E-state index in [-0.39, 0.29) is 18.4 Å². The van der Waals surface area contributed by atoms with Gasteiger partial charge in [0.05, 0.1) is 10.7 Å². The van der Waals surface area contributed by atoms with Crippen LogP contribution in [0.3, 0.4) is 0 Å². The summed E-state index contributed by atoms with van der Waals surface area (Å²) in [6.07, 6.45) is 3.03. The van der Waals surface area contributed by atoms with Gasteiger partial charge in [0.15, 0.2) is 0 Å². The fourth-order valence-corrected chi connectivity index (χ4v) is 4.43. The van der Waals surface area contributed by atoms with E-state index >= 15 is 0 Å². The molecule has 0 aromatic heterocycles. The highest BCUT2D eigenvalue weighted by Gasteiger charge is 2.33. The van der Waals surface area contributed by atoms with Crippen LogP contribution in [0.5, 0.6) is 0 Å². The second kappa shape index (κ2) is 14.2. The highest BCUT2D eigenvalue weighted by molar-refractivity contribution is 6.34. The van der Waals surface area contributed by atoms with Crippen LogP contribution in [-0.4, -0.2) is 41.5 Å². The topological polar surface area (TPSA) is 87.7 Å². The van der Waals surface area contributed by atoms with Crippen LogP contribution in [0.25, 0.3) is 0 Å². The molecule has 2 N–H and O–H groups in total. The van der Waals surface area contributed by atoms with Crippen molar-refractivity contribution < 1.29 is 19.1 Å². The number of amides is 3. The molecule has 0 aliphatic rings. The van der Waals surface area contributed by atoms with Crippen molar-refractivity contribution in [2.24, 2.45) is 0 Å². The largest absolute Gasteiger partial charge is 0.444 e. The number of hydrogen-bond donors (Lipinski definition) is 2. The van der Waals surface area contributed by atoms with E-state index in [0.717, 1.165) is 47.9 Å². The van der Waals surface area contributed by atoms with Crippen LogP contribution in [0, 0.1) is 20.8 Å². The SMILES string of the molecule is CCCCCCN(C(=O)CNC(=O)OC(C)(C)C)C(C(=O)Nc1c(C)cccc1Cl)c1cc(C)ccc1C. The molecule has 0 fully saturated rings. The van der Waals surface area contributed by atoms with E-state index in [1.165, 1.54) is 0 Å². The van der Waals surface area contributed by atoms with Gasteiger partial charge < -0.3 is 20.3 Å². The molecule has 0 bridgehead atoms. The first-order valence-corrected chi connectivity index (χ1v) is 13.6. The third kappa shape index (κ3) is 9.35. The molecule has 0 saturated heterocycles. The zero-order valence-corrected chi connectivity index (χ0v) is 24.5. The summed E-state index contributed by atoms with van der Waals surface area (Å²) >= 11 is 6.42. The number of hydrogen-bond acceptors (Lipinski definition) is 4. The maximum Gasteiger partial charge on any atom is 0.408 e. The van der Waals surface area contributed by atoms with Gasteiger partial charge in [0, 0.05) is 6.54 Å². The standard InChI is InChI=1S/C30H42ClN3O4/c1-8-9-10-11-17-34(25(35)19-32-29(37)38-30(5,6)7)27(23-18-20(2)15-16-21(23)3)28(36)33-26-22(4)13-12-14-24(26)31/h12-16,18,27H,8-11,17,19H2,1-7H3,(H,32,37)(H,33,36). The van der Waals surface area contributed by atoms with Crippen LogP contribution in [0.15, 0.2) is 36.4 Å². The van der Waals surface area contributed by atoms with E-state index in [0.29, 0.717) is 17.3 Å². The van der Waals surface area contributed by atoms with Crippen molar-refractivity contribution in [1.29, 1.82) is 0 Å². The minimum absolute atomic E-state index is 0.289. The highest BCUT2D eigenvalue weighted by atomic mass is 35.5. The van der Waals surface area contributed by atoms with Crippen molar-refractivity contribution in [3.05, 3.63) is 63.7 Å². The summed E-state index contributed by atoms with van der Waals surface area (Å²) in [7, 11) is 0. The molecular weight excluding hydrogens is 502 g/mol. The number of nitrogens with zero attached hydrogens (tertiary/aromatic N) is 1. The van der Waals surface area contributed by atoms with Crippen LogP contribution in [-0.2, 0) is 14.3 Å². The number of carbonyl (C=O) groups excluding carboxylic acids is 3. The van der Waals surface area contributed by atoms with Crippen LogP contribution >= 0.6 is 11.6 Å². The van der Waals surface area contributed by atoms with Gasteiger partial charge in [0.1, 0.15) is 18.2 Å². The second-order valence-electron chi connectivity index (χ2n) is 10.7. The van der Waals surface area contributed by atoms with E-state index in [9.17, 15) is 14.4 Å². The fourth-order valence-electron chi connectivity index (χ4n) is 4.16. The first-order chi connectivity index (χ1) is 17.8. The predicted octanol–water partition coefficient (Wildman–Crippen LogP) is 6.88. The molecule has 1 unspecified atom stereocenters. The average Bonchev–Trinajstić information content (AvgIpc) is 2.82. The highest BCUT2D eigenvalue weighted by Crippen LogP contribution is 2.31. The lowest BCUT2D eigenvalue weighted by atomic mass is 9.96. The normalized spacial score (nSPS) is 12.0. The number of ether oxygens (including phenoxy) is 1. The molecule has 2 aromatic carbocycles. The van der Waals surface area contributed by atoms with Crippen LogP contribution in [0.1, 0.15) is 81.7 Å². The summed E-state index contributed by atoms with van der Waals surface area (Å²) in [5, 5.41) is 5.96. The van der Waals surface area contributed by atoms with Gasteiger partial charge in [0.25, 0.3) is 5.91 Å². The van der Waals surface area contributed by atoms with Crippen LogP contribution < -0.4 is 10.6 Å². The summed E-state index contributed by atoms with van der Waals surface area (Å²) in [4.78, 5) is 41.4. The Morgan fingerprint density at radius 2 is 1.71 bits per heavy atom. The number of rotatable bonds is 11. The molecule has 0 aliphatic heterocycles. The van der Waals surface area contributed by atoms with Crippen molar-refractivity contribution >= 4 is 35.2 Å². The lowest BCUT2D eigenvalue weighted by Crippen LogP contribution is -2.47.